The molecule has 0 N–H and O–H groups in total. The number of carbonyl (C=O) groups excluding carboxylic acids is 1. The molecule has 0 radical (unpaired) electrons. The second-order valence-corrected chi connectivity index (χ2v) is 13.6. The van der Waals surface area contributed by atoms with Crippen molar-refractivity contribution in [2.75, 3.05) is 26.2 Å². The fourth-order valence-electron chi connectivity index (χ4n) is 6.11. The highest BCUT2D eigenvalue weighted by molar-refractivity contribution is 6.32. The SMILES string of the molecule is CCCc1ccc(OCc2ccc(CN3CCN(C(=O)/C=C\c4cc(C)c(Oc5ccc(OCc6ccc(C#N)cc6)cn5)c(Cl)c4)CC3)cc2F)cc1. The number of pyridine rings is 1. The van der Waals surface area contributed by atoms with Crippen molar-refractivity contribution in [1.29, 1.82) is 5.26 Å². The smallest absolute Gasteiger partial charge is 0.246 e. The van der Waals surface area contributed by atoms with Crippen molar-refractivity contribution in [1.82, 2.24) is 14.8 Å². The molecule has 1 aliphatic heterocycles. The van der Waals surface area contributed by atoms with E-state index in [1.165, 1.54) is 5.56 Å². The van der Waals surface area contributed by atoms with Crippen LogP contribution in [-0.2, 0) is 31.0 Å². The molecule has 6 rings (SSSR count). The lowest BCUT2D eigenvalue weighted by atomic mass is 10.1. The fraction of sp³-hybridized carbons (Fsp3) is 0.250. The molecule has 1 fully saturated rings. The third-order valence-electron chi connectivity index (χ3n) is 9.14. The van der Waals surface area contributed by atoms with Crippen LogP contribution in [0.4, 0.5) is 4.39 Å². The highest BCUT2D eigenvalue weighted by Crippen LogP contribution is 2.34. The van der Waals surface area contributed by atoms with Crippen molar-refractivity contribution in [2.24, 2.45) is 0 Å². The van der Waals surface area contributed by atoms with Gasteiger partial charge in [0, 0.05) is 50.4 Å². The van der Waals surface area contributed by atoms with Crippen LogP contribution in [0.1, 0.15) is 52.3 Å². The summed E-state index contributed by atoms with van der Waals surface area (Å²) in [6.45, 7) is 7.69. The van der Waals surface area contributed by atoms with E-state index in [0.29, 0.717) is 72.9 Å². The van der Waals surface area contributed by atoms with Crippen LogP contribution in [0, 0.1) is 24.1 Å². The number of hydrogen-bond acceptors (Lipinski definition) is 7. The third-order valence-corrected chi connectivity index (χ3v) is 9.42. The average molecular weight is 745 g/mol. The Morgan fingerprint density at radius 2 is 1.59 bits per heavy atom. The van der Waals surface area contributed by atoms with E-state index in [0.717, 1.165) is 40.8 Å². The van der Waals surface area contributed by atoms with Crippen LogP contribution in [0.15, 0.2) is 103 Å². The molecule has 1 saturated heterocycles. The Bertz CT molecular complexity index is 2080. The molecule has 10 heteroatoms. The number of ether oxygens (including phenoxy) is 3. The second kappa shape index (κ2) is 18.4. The molecule has 0 spiro atoms. The predicted octanol–water partition coefficient (Wildman–Crippen LogP) is 9.31. The van der Waals surface area contributed by atoms with Crippen LogP contribution in [-0.4, -0.2) is 46.9 Å². The highest BCUT2D eigenvalue weighted by Gasteiger charge is 2.20. The molecule has 1 aliphatic rings. The molecular formula is C44H42ClFN4O4. The second-order valence-electron chi connectivity index (χ2n) is 13.2. The Morgan fingerprint density at radius 1 is 0.889 bits per heavy atom. The van der Waals surface area contributed by atoms with E-state index in [1.807, 2.05) is 60.4 Å². The first kappa shape index (κ1) is 38.0. The molecular weight excluding hydrogens is 703 g/mol. The summed E-state index contributed by atoms with van der Waals surface area (Å²) in [6.07, 6.45) is 7.01. The molecule has 0 bridgehead atoms. The summed E-state index contributed by atoms with van der Waals surface area (Å²) in [5.41, 5.74) is 5.77. The minimum atomic E-state index is -0.280. The zero-order valence-electron chi connectivity index (χ0n) is 30.4. The molecule has 2 heterocycles. The van der Waals surface area contributed by atoms with E-state index in [4.69, 9.17) is 31.1 Å². The van der Waals surface area contributed by atoms with Gasteiger partial charge in [-0.25, -0.2) is 9.37 Å². The van der Waals surface area contributed by atoms with Gasteiger partial charge in [-0.3, -0.25) is 9.69 Å². The summed E-state index contributed by atoms with van der Waals surface area (Å²) in [5.74, 6) is 1.78. The summed E-state index contributed by atoms with van der Waals surface area (Å²) in [5, 5.41) is 9.35. The summed E-state index contributed by atoms with van der Waals surface area (Å²) in [4.78, 5) is 21.5. The molecule has 276 valence electrons. The summed E-state index contributed by atoms with van der Waals surface area (Å²) < 4.78 is 32.6. The lowest BCUT2D eigenvalue weighted by molar-refractivity contribution is -0.127. The van der Waals surface area contributed by atoms with Gasteiger partial charge in [-0.05, 0) is 95.8 Å². The first-order valence-corrected chi connectivity index (χ1v) is 18.4. The first-order valence-electron chi connectivity index (χ1n) is 18.0. The van der Waals surface area contributed by atoms with E-state index in [2.05, 4.69) is 22.9 Å². The molecule has 5 aromatic rings. The van der Waals surface area contributed by atoms with Gasteiger partial charge in [-0.1, -0.05) is 61.3 Å². The van der Waals surface area contributed by atoms with E-state index in [-0.39, 0.29) is 18.3 Å². The van der Waals surface area contributed by atoms with Gasteiger partial charge in [0.15, 0.2) is 5.75 Å². The lowest BCUT2D eigenvalue weighted by Gasteiger charge is -2.34. The number of aryl methyl sites for hydroxylation is 2. The number of nitriles is 1. The molecule has 54 heavy (non-hydrogen) atoms. The quantitative estimate of drug-likeness (QED) is 0.105. The van der Waals surface area contributed by atoms with Crippen molar-refractivity contribution in [3.8, 4) is 29.2 Å². The number of benzene rings is 4. The number of carbonyl (C=O) groups is 1. The monoisotopic (exact) mass is 744 g/mol. The van der Waals surface area contributed by atoms with Gasteiger partial charge in [-0.15, -0.1) is 0 Å². The van der Waals surface area contributed by atoms with Crippen molar-refractivity contribution in [3.63, 3.8) is 0 Å². The summed E-state index contributed by atoms with van der Waals surface area (Å²) in [7, 11) is 0. The largest absolute Gasteiger partial charge is 0.489 e. The molecule has 0 aliphatic carbocycles. The molecule has 4 aromatic carbocycles. The van der Waals surface area contributed by atoms with Gasteiger partial charge >= 0.3 is 0 Å². The standard InChI is InChI=1S/C44H42ClFN4O4/c1-3-4-32-10-14-38(15-11-32)53-30-37-13-9-36(25-41(37)46)28-49-19-21-50(22-20-49)43(51)18-12-35-23-31(2)44(40(45)24-35)54-42-17-16-39(27-48-42)52-29-34-7-5-33(26-47)6-8-34/h5-18,23-25,27H,3-4,19-22,28-30H2,1-2H3/b18-12-. The summed E-state index contributed by atoms with van der Waals surface area (Å²) >= 11 is 6.61. The minimum Gasteiger partial charge on any atom is -0.489 e. The van der Waals surface area contributed by atoms with Gasteiger partial charge < -0.3 is 19.1 Å². The zero-order chi connectivity index (χ0) is 37.9. The number of aromatic nitrogens is 1. The molecule has 0 atom stereocenters. The maximum absolute atomic E-state index is 14.9. The van der Waals surface area contributed by atoms with Crippen LogP contribution in [0.25, 0.3) is 6.08 Å². The van der Waals surface area contributed by atoms with Crippen LogP contribution >= 0.6 is 11.6 Å². The number of piperazine rings is 1. The van der Waals surface area contributed by atoms with Crippen LogP contribution < -0.4 is 14.2 Å². The normalized spacial score (nSPS) is 13.1. The number of halogens is 2. The number of amides is 1. The van der Waals surface area contributed by atoms with Crippen LogP contribution in [0.2, 0.25) is 5.02 Å². The zero-order valence-corrected chi connectivity index (χ0v) is 31.2. The van der Waals surface area contributed by atoms with Gasteiger partial charge in [0.2, 0.25) is 11.8 Å². The van der Waals surface area contributed by atoms with Gasteiger partial charge in [-0.2, -0.15) is 5.26 Å². The molecule has 0 saturated carbocycles. The van der Waals surface area contributed by atoms with Crippen LogP contribution in [0.5, 0.6) is 23.1 Å². The minimum absolute atomic E-state index is 0.0788. The summed E-state index contributed by atoms with van der Waals surface area (Å²) in [6, 6.07) is 29.7. The lowest BCUT2D eigenvalue weighted by Crippen LogP contribution is -2.47. The van der Waals surface area contributed by atoms with Crippen LogP contribution in [0.3, 0.4) is 0 Å². The molecule has 8 nitrogen and oxygen atoms in total. The van der Waals surface area contributed by atoms with Crippen molar-refractivity contribution in [3.05, 3.63) is 153 Å². The maximum Gasteiger partial charge on any atom is 0.246 e. The Labute approximate surface area is 321 Å². The fourth-order valence-corrected chi connectivity index (χ4v) is 6.42. The maximum atomic E-state index is 14.9. The van der Waals surface area contributed by atoms with E-state index < -0.39 is 0 Å². The molecule has 1 amide bonds. The number of nitrogens with zero attached hydrogens (tertiary/aromatic N) is 4. The number of rotatable bonds is 14. The van der Waals surface area contributed by atoms with E-state index >= 15 is 0 Å². The van der Waals surface area contributed by atoms with E-state index in [1.54, 1.807) is 60.8 Å². The first-order chi connectivity index (χ1) is 26.3. The Morgan fingerprint density at radius 3 is 2.26 bits per heavy atom. The van der Waals surface area contributed by atoms with E-state index in [9.17, 15) is 9.18 Å². The van der Waals surface area contributed by atoms with Gasteiger partial charge in [0.25, 0.3) is 0 Å². The molecule has 0 unspecified atom stereocenters. The van der Waals surface area contributed by atoms with Crippen molar-refractivity contribution < 1.29 is 23.4 Å². The van der Waals surface area contributed by atoms with Gasteiger partial charge in [0.05, 0.1) is 22.9 Å². The average Bonchev–Trinajstić information content (AvgIpc) is 3.19. The van der Waals surface area contributed by atoms with Gasteiger partial charge in [0.1, 0.15) is 30.5 Å². The Kier molecular flexibility index (Phi) is 12.9. The predicted molar refractivity (Wildman–Crippen MR) is 208 cm³/mol. The third kappa shape index (κ3) is 10.5. The number of hydrogen-bond donors (Lipinski definition) is 0. The Hall–Kier alpha value is -5.69. The van der Waals surface area contributed by atoms with Crippen molar-refractivity contribution in [2.45, 2.75) is 46.4 Å². The van der Waals surface area contributed by atoms with Crippen molar-refractivity contribution >= 4 is 23.6 Å². The topological polar surface area (TPSA) is 87.9 Å². The molecule has 1 aromatic heterocycles. The highest BCUT2D eigenvalue weighted by atomic mass is 35.5. The Balaban J connectivity index is 0.946.